The molecule has 0 amide bonds. The molecule has 4 rings (SSSR count). The molecule has 1 heterocycles. The van der Waals surface area contributed by atoms with E-state index in [1.54, 1.807) is 28.6 Å². The van der Waals surface area contributed by atoms with E-state index < -0.39 is 10.0 Å². The molecule has 0 radical (unpaired) electrons. The Kier molecular flexibility index (Phi) is 7.87. The molecule has 6 heteroatoms. The smallest absolute Gasteiger partial charge is 0.243 e. The second-order valence-corrected chi connectivity index (χ2v) is 11.3. The van der Waals surface area contributed by atoms with Crippen LogP contribution >= 0.6 is 0 Å². The molecule has 1 atom stereocenters. The molecule has 32 heavy (non-hydrogen) atoms. The van der Waals surface area contributed by atoms with Crippen molar-refractivity contribution in [2.75, 3.05) is 31.1 Å². The molecule has 2 aromatic carbocycles. The minimum Gasteiger partial charge on any atom is -0.369 e. The van der Waals surface area contributed by atoms with Crippen LogP contribution in [0.2, 0.25) is 0 Å². The molecular weight excluding hydrogens is 418 g/mol. The summed E-state index contributed by atoms with van der Waals surface area (Å²) >= 11 is 0. The zero-order valence-electron chi connectivity index (χ0n) is 19.2. The zero-order chi connectivity index (χ0) is 22.4. The van der Waals surface area contributed by atoms with Gasteiger partial charge in [-0.05, 0) is 43.0 Å². The molecule has 1 unspecified atom stereocenters. The molecule has 1 saturated heterocycles. The topological polar surface area (TPSA) is 52.6 Å². The highest BCUT2D eigenvalue weighted by atomic mass is 32.2. The molecule has 1 N–H and O–H groups in total. The molecule has 5 nitrogen and oxygen atoms in total. The van der Waals surface area contributed by atoms with Crippen LogP contribution in [0.15, 0.2) is 59.5 Å². The first-order valence-corrected chi connectivity index (χ1v) is 13.6. The Morgan fingerprint density at radius 3 is 2.28 bits per heavy atom. The standard InChI is InChI=1S/C26H37N3O2S/c1-22(20-23-10-4-2-5-11-23)27-21-24-12-8-9-15-26(24)28-16-18-29(19-17-28)32(30,31)25-13-6-3-7-14-25/h3,6-9,12-15,22-23,27H,2,4-5,10-11,16-21H2,1H3. The van der Waals surface area contributed by atoms with Gasteiger partial charge in [0.1, 0.15) is 0 Å². The minimum absolute atomic E-state index is 0.380. The Morgan fingerprint density at radius 1 is 0.906 bits per heavy atom. The van der Waals surface area contributed by atoms with Crippen LogP contribution in [0.5, 0.6) is 0 Å². The number of anilines is 1. The molecule has 1 saturated carbocycles. The van der Waals surface area contributed by atoms with Gasteiger partial charge in [-0.2, -0.15) is 4.31 Å². The molecule has 2 aromatic rings. The van der Waals surface area contributed by atoms with Gasteiger partial charge in [0, 0.05) is 44.5 Å². The van der Waals surface area contributed by atoms with Gasteiger partial charge >= 0.3 is 0 Å². The van der Waals surface area contributed by atoms with Crippen molar-refractivity contribution in [2.24, 2.45) is 5.92 Å². The first-order chi connectivity index (χ1) is 15.5. The van der Waals surface area contributed by atoms with Gasteiger partial charge in [0.05, 0.1) is 4.90 Å². The van der Waals surface area contributed by atoms with Crippen molar-refractivity contribution in [3.63, 3.8) is 0 Å². The summed E-state index contributed by atoms with van der Waals surface area (Å²) in [5.41, 5.74) is 2.52. The van der Waals surface area contributed by atoms with Crippen LogP contribution in [-0.2, 0) is 16.6 Å². The fourth-order valence-corrected chi connectivity index (χ4v) is 6.61. The lowest BCUT2D eigenvalue weighted by Crippen LogP contribution is -2.49. The molecule has 1 aliphatic carbocycles. The van der Waals surface area contributed by atoms with E-state index in [9.17, 15) is 8.42 Å². The first-order valence-electron chi connectivity index (χ1n) is 12.2. The van der Waals surface area contributed by atoms with Crippen LogP contribution in [0.3, 0.4) is 0 Å². The highest BCUT2D eigenvalue weighted by Gasteiger charge is 2.29. The second kappa shape index (κ2) is 10.8. The maximum atomic E-state index is 12.9. The fourth-order valence-electron chi connectivity index (χ4n) is 5.17. The van der Waals surface area contributed by atoms with E-state index in [1.807, 2.05) is 6.07 Å². The van der Waals surface area contributed by atoms with Crippen molar-refractivity contribution in [3.05, 3.63) is 60.2 Å². The third-order valence-electron chi connectivity index (χ3n) is 7.00. The highest BCUT2D eigenvalue weighted by molar-refractivity contribution is 7.89. The SMILES string of the molecule is CC(CC1CCCCC1)NCc1ccccc1N1CCN(S(=O)(=O)c2ccccc2)CC1. The summed E-state index contributed by atoms with van der Waals surface area (Å²) in [6.07, 6.45) is 8.24. The van der Waals surface area contributed by atoms with E-state index in [2.05, 4.69) is 41.4 Å². The van der Waals surface area contributed by atoms with Gasteiger partial charge in [0.15, 0.2) is 0 Å². The Balaban J connectivity index is 1.34. The summed E-state index contributed by atoms with van der Waals surface area (Å²) in [7, 11) is -3.42. The lowest BCUT2D eigenvalue weighted by molar-refractivity contribution is 0.304. The monoisotopic (exact) mass is 455 g/mol. The maximum absolute atomic E-state index is 12.9. The summed E-state index contributed by atoms with van der Waals surface area (Å²) in [6, 6.07) is 17.8. The second-order valence-electron chi connectivity index (χ2n) is 9.35. The van der Waals surface area contributed by atoms with Crippen molar-refractivity contribution in [2.45, 2.75) is 62.9 Å². The van der Waals surface area contributed by atoms with Gasteiger partial charge < -0.3 is 10.2 Å². The third-order valence-corrected chi connectivity index (χ3v) is 8.92. The van der Waals surface area contributed by atoms with Crippen molar-refractivity contribution in [3.8, 4) is 0 Å². The number of sulfonamides is 1. The number of para-hydroxylation sites is 1. The van der Waals surface area contributed by atoms with E-state index in [1.165, 1.54) is 49.8 Å². The van der Waals surface area contributed by atoms with Crippen LogP contribution in [0, 0.1) is 5.92 Å². The van der Waals surface area contributed by atoms with Gasteiger partial charge in [0.2, 0.25) is 10.0 Å². The van der Waals surface area contributed by atoms with Gasteiger partial charge in [-0.25, -0.2) is 8.42 Å². The molecule has 174 valence electrons. The van der Waals surface area contributed by atoms with Crippen molar-refractivity contribution in [1.82, 2.24) is 9.62 Å². The van der Waals surface area contributed by atoms with Crippen LogP contribution in [0.25, 0.3) is 0 Å². The largest absolute Gasteiger partial charge is 0.369 e. The number of hydrogen-bond donors (Lipinski definition) is 1. The molecule has 2 fully saturated rings. The predicted octanol–water partition coefficient (Wildman–Crippen LogP) is 4.65. The van der Waals surface area contributed by atoms with Crippen molar-refractivity contribution >= 4 is 15.7 Å². The van der Waals surface area contributed by atoms with Gasteiger partial charge in [0.25, 0.3) is 0 Å². The summed E-state index contributed by atoms with van der Waals surface area (Å²) in [4.78, 5) is 2.71. The summed E-state index contributed by atoms with van der Waals surface area (Å²) in [5, 5.41) is 3.75. The maximum Gasteiger partial charge on any atom is 0.243 e. The molecule has 0 aromatic heterocycles. The molecule has 0 spiro atoms. The first kappa shape index (κ1) is 23.3. The quantitative estimate of drug-likeness (QED) is 0.630. The van der Waals surface area contributed by atoms with Crippen LogP contribution < -0.4 is 10.2 Å². The number of nitrogens with zero attached hydrogens (tertiary/aromatic N) is 2. The van der Waals surface area contributed by atoms with Crippen LogP contribution in [0.4, 0.5) is 5.69 Å². The average molecular weight is 456 g/mol. The van der Waals surface area contributed by atoms with Gasteiger partial charge in [-0.15, -0.1) is 0 Å². The van der Waals surface area contributed by atoms with Crippen molar-refractivity contribution < 1.29 is 8.42 Å². The molecule has 1 aliphatic heterocycles. The van der Waals surface area contributed by atoms with E-state index in [0.29, 0.717) is 37.1 Å². The Hall–Kier alpha value is -1.89. The minimum atomic E-state index is -3.42. The van der Waals surface area contributed by atoms with Crippen LogP contribution in [-0.4, -0.2) is 44.9 Å². The normalized spacial score (nSPS) is 19.7. The Labute approximate surface area is 193 Å². The lowest BCUT2D eigenvalue weighted by Gasteiger charge is -2.36. The lowest BCUT2D eigenvalue weighted by atomic mass is 9.85. The van der Waals surface area contributed by atoms with Crippen LogP contribution in [0.1, 0.15) is 51.0 Å². The van der Waals surface area contributed by atoms with Gasteiger partial charge in [-0.3, -0.25) is 0 Å². The summed E-state index contributed by atoms with van der Waals surface area (Å²) in [6.45, 7) is 5.60. The molecular formula is C26H37N3O2S. The Morgan fingerprint density at radius 2 is 1.56 bits per heavy atom. The number of rotatable bonds is 8. The number of nitrogens with one attached hydrogen (secondary N) is 1. The van der Waals surface area contributed by atoms with E-state index in [0.717, 1.165) is 12.5 Å². The van der Waals surface area contributed by atoms with E-state index in [4.69, 9.17) is 0 Å². The molecule has 0 bridgehead atoms. The third kappa shape index (κ3) is 5.72. The summed E-state index contributed by atoms with van der Waals surface area (Å²) in [5.74, 6) is 0.876. The van der Waals surface area contributed by atoms with E-state index in [-0.39, 0.29) is 0 Å². The zero-order valence-corrected chi connectivity index (χ0v) is 20.1. The highest BCUT2D eigenvalue weighted by Crippen LogP contribution is 2.28. The number of piperazine rings is 1. The van der Waals surface area contributed by atoms with E-state index >= 15 is 0 Å². The fraction of sp³-hybridized carbons (Fsp3) is 0.538. The average Bonchev–Trinajstić information content (AvgIpc) is 2.84. The summed E-state index contributed by atoms with van der Waals surface area (Å²) < 4.78 is 27.5. The Bertz CT molecular complexity index is 950. The van der Waals surface area contributed by atoms with Gasteiger partial charge in [-0.1, -0.05) is 68.5 Å². The predicted molar refractivity (Wildman–Crippen MR) is 131 cm³/mol. The molecule has 2 aliphatic rings. The number of hydrogen-bond acceptors (Lipinski definition) is 4. The number of benzene rings is 2. The van der Waals surface area contributed by atoms with Crippen molar-refractivity contribution in [1.29, 1.82) is 0 Å².